The van der Waals surface area contributed by atoms with Crippen LogP contribution in [0, 0.1) is 0 Å². The van der Waals surface area contributed by atoms with Crippen molar-refractivity contribution in [2.45, 2.75) is 0 Å². The molecule has 0 aromatic heterocycles. The monoisotopic (exact) mass is 552 g/mol. The zero-order valence-corrected chi connectivity index (χ0v) is 27.1. The van der Waals surface area contributed by atoms with Crippen LogP contribution in [0.25, 0.3) is 0 Å². The molecule has 0 spiro atoms. The Bertz CT molecular complexity index is 614. The number of rotatable bonds is 10. The molecule has 0 atom stereocenters. The summed E-state index contributed by atoms with van der Waals surface area (Å²) in [6.45, 7) is 8.57. The molecule has 16 heteroatoms. The van der Waals surface area contributed by atoms with Crippen LogP contribution >= 0.6 is 0 Å². The Balaban J connectivity index is 0. The van der Waals surface area contributed by atoms with Gasteiger partial charge in [-0.25, -0.2) is 16.8 Å². The predicted octanol–water partition coefficient (Wildman–Crippen LogP) is -9.71. The van der Waals surface area contributed by atoms with Crippen LogP contribution in [0.1, 0.15) is 0 Å². The van der Waals surface area contributed by atoms with E-state index in [4.69, 9.17) is 10.2 Å². The number of piperazine rings is 2. The average Bonchev–Trinajstić information content (AvgIpc) is 2.67. The minimum absolute atomic E-state index is 0. The Morgan fingerprint density at radius 1 is 0.531 bits per heavy atom. The van der Waals surface area contributed by atoms with E-state index >= 15 is 0 Å². The third-order valence-corrected chi connectivity index (χ3v) is 6.44. The van der Waals surface area contributed by atoms with Crippen LogP contribution in [-0.4, -0.2) is 159 Å². The molecule has 0 saturated carbocycles. The van der Waals surface area contributed by atoms with Gasteiger partial charge in [-0.3, -0.25) is 19.6 Å². The first-order valence-corrected chi connectivity index (χ1v) is 13.2. The third kappa shape index (κ3) is 20.0. The second kappa shape index (κ2) is 19.9. The molecule has 2 N–H and O–H groups in total. The molecule has 2 saturated heterocycles. The Hall–Kier alpha value is 2.85. The van der Waals surface area contributed by atoms with Crippen LogP contribution < -0.4 is 103 Å². The Morgan fingerprint density at radius 3 is 0.938 bits per heavy atom. The SMILES string of the molecule is O=S(=O)([O-])CCN1CCN(CCO)CC1.O=S(=O)([O-])CCN1CCN(CCO)CC1.[K+].[K+]. The van der Waals surface area contributed by atoms with Crippen LogP contribution in [-0.2, 0) is 20.2 Å². The van der Waals surface area contributed by atoms with Gasteiger partial charge in [0.2, 0.25) is 0 Å². The smallest absolute Gasteiger partial charge is 0.748 e. The van der Waals surface area contributed by atoms with Gasteiger partial charge in [0.05, 0.1) is 45.0 Å². The van der Waals surface area contributed by atoms with Crippen LogP contribution in [0.4, 0.5) is 0 Å². The van der Waals surface area contributed by atoms with Gasteiger partial charge in [0, 0.05) is 78.5 Å². The molecule has 2 fully saturated rings. The van der Waals surface area contributed by atoms with Gasteiger partial charge in [-0.05, 0) is 0 Å². The van der Waals surface area contributed by atoms with Gasteiger partial charge in [-0.1, -0.05) is 0 Å². The summed E-state index contributed by atoms with van der Waals surface area (Å²) in [6.07, 6.45) is 0. The first-order chi connectivity index (χ1) is 14.0. The molecule has 0 bridgehead atoms. The van der Waals surface area contributed by atoms with E-state index in [9.17, 15) is 25.9 Å². The quantitative estimate of drug-likeness (QED) is 0.194. The van der Waals surface area contributed by atoms with E-state index in [2.05, 4.69) is 9.80 Å². The molecule has 2 heterocycles. The van der Waals surface area contributed by atoms with Crippen molar-refractivity contribution >= 4 is 20.2 Å². The van der Waals surface area contributed by atoms with Crippen molar-refractivity contribution in [3.63, 3.8) is 0 Å². The van der Waals surface area contributed by atoms with Gasteiger partial charge < -0.3 is 19.3 Å². The fraction of sp³-hybridized carbons (Fsp3) is 1.00. The molecule has 12 nitrogen and oxygen atoms in total. The summed E-state index contributed by atoms with van der Waals surface area (Å²) in [4.78, 5) is 8.15. The molecule has 0 aliphatic carbocycles. The third-order valence-electron chi connectivity index (χ3n) is 5.08. The van der Waals surface area contributed by atoms with Gasteiger partial charge in [-0.15, -0.1) is 0 Å². The predicted molar refractivity (Wildman–Crippen MR) is 109 cm³/mol. The second-order valence-electron chi connectivity index (χ2n) is 7.34. The minimum atomic E-state index is -4.09. The van der Waals surface area contributed by atoms with Gasteiger partial charge in [0.25, 0.3) is 0 Å². The van der Waals surface area contributed by atoms with Crippen molar-refractivity contribution in [3.8, 4) is 0 Å². The summed E-state index contributed by atoms with van der Waals surface area (Å²) in [5, 5.41) is 17.4. The Kier molecular flexibility index (Phi) is 23.0. The maximum Gasteiger partial charge on any atom is 1.00 e. The van der Waals surface area contributed by atoms with E-state index in [-0.39, 0.29) is 127 Å². The normalized spacial score (nSPS) is 19.4. The standard InChI is InChI=1S/2C8H18N2O4S.2K/c2*11-7-5-9-1-3-10(4-2-9)6-8-15(12,13)14;;/h2*11H,1-8H2,(H,12,13,14);;/q;;2*+1/p-2. The molecule has 0 amide bonds. The van der Waals surface area contributed by atoms with Crippen LogP contribution in [0.15, 0.2) is 0 Å². The molecule has 32 heavy (non-hydrogen) atoms. The van der Waals surface area contributed by atoms with Crippen molar-refractivity contribution in [2.75, 3.05) is 103 Å². The van der Waals surface area contributed by atoms with E-state index < -0.39 is 20.2 Å². The summed E-state index contributed by atoms with van der Waals surface area (Å²) < 4.78 is 62.5. The number of nitrogens with zero attached hydrogens (tertiary/aromatic N) is 4. The van der Waals surface area contributed by atoms with Crippen molar-refractivity contribution < 1.29 is 139 Å². The van der Waals surface area contributed by atoms with Gasteiger partial charge >= 0.3 is 103 Å². The summed E-state index contributed by atoms with van der Waals surface area (Å²) >= 11 is 0. The summed E-state index contributed by atoms with van der Waals surface area (Å²) in [6, 6.07) is 0. The summed E-state index contributed by atoms with van der Waals surface area (Å²) in [5.41, 5.74) is 0. The first kappa shape index (κ1) is 37.0. The van der Waals surface area contributed by atoms with E-state index in [0.29, 0.717) is 26.2 Å². The van der Waals surface area contributed by atoms with Crippen molar-refractivity contribution in [1.29, 1.82) is 0 Å². The molecular weight excluding hydrogens is 519 g/mol. The molecule has 0 unspecified atom stereocenters. The van der Waals surface area contributed by atoms with Crippen LogP contribution in [0.2, 0.25) is 0 Å². The maximum atomic E-state index is 10.4. The number of aliphatic hydroxyl groups excluding tert-OH is 2. The zero-order chi connectivity index (χ0) is 22.6. The van der Waals surface area contributed by atoms with Crippen molar-refractivity contribution in [3.05, 3.63) is 0 Å². The van der Waals surface area contributed by atoms with Crippen LogP contribution in [0.3, 0.4) is 0 Å². The molecule has 2 aliphatic heterocycles. The first-order valence-electron chi connectivity index (χ1n) is 10.0. The van der Waals surface area contributed by atoms with E-state index in [1.165, 1.54) is 0 Å². The van der Waals surface area contributed by atoms with Gasteiger partial charge in [0.1, 0.15) is 0 Å². The molecule has 2 rings (SSSR count). The molecular formula is C16H34K2N4O8S2. The number of aliphatic hydroxyl groups is 2. The maximum absolute atomic E-state index is 10.4. The molecule has 180 valence electrons. The topological polar surface area (TPSA) is 168 Å². The van der Waals surface area contributed by atoms with Crippen LogP contribution in [0.5, 0.6) is 0 Å². The molecule has 2 aliphatic rings. The fourth-order valence-electron chi connectivity index (χ4n) is 3.24. The number of hydrogen-bond donors (Lipinski definition) is 2. The van der Waals surface area contributed by atoms with Gasteiger partial charge in [0.15, 0.2) is 0 Å². The van der Waals surface area contributed by atoms with E-state index in [1.807, 2.05) is 9.80 Å². The number of hydrogen-bond acceptors (Lipinski definition) is 12. The Labute approximate surface area is 277 Å². The largest absolute Gasteiger partial charge is 1.00 e. The second-order valence-corrected chi connectivity index (χ2v) is 10.4. The van der Waals surface area contributed by atoms with Gasteiger partial charge in [-0.2, -0.15) is 0 Å². The van der Waals surface area contributed by atoms with Crippen molar-refractivity contribution in [1.82, 2.24) is 19.6 Å². The minimum Gasteiger partial charge on any atom is -0.748 e. The summed E-state index contributed by atoms with van der Waals surface area (Å²) in [5.74, 6) is -0.625. The number of β-amino-alcohol motifs (C(OH)–C–C–N with tert-alkyl or cyclic N) is 2. The van der Waals surface area contributed by atoms with Crippen molar-refractivity contribution in [2.24, 2.45) is 0 Å². The van der Waals surface area contributed by atoms with E-state index in [1.54, 1.807) is 0 Å². The molecule has 0 aromatic carbocycles. The van der Waals surface area contributed by atoms with E-state index in [0.717, 1.165) is 52.4 Å². The molecule has 0 radical (unpaired) electrons. The summed E-state index contributed by atoms with van der Waals surface area (Å²) in [7, 11) is -8.19. The molecule has 0 aromatic rings. The average molecular weight is 553 g/mol. The Morgan fingerprint density at radius 2 is 0.750 bits per heavy atom. The fourth-order valence-corrected chi connectivity index (χ4v) is 4.20. The zero-order valence-electron chi connectivity index (χ0n) is 19.3.